The molecule has 5 heteroatoms. The van der Waals surface area contributed by atoms with E-state index in [0.29, 0.717) is 11.9 Å². The highest BCUT2D eigenvalue weighted by molar-refractivity contribution is 5.78. The number of piperazine rings is 1. The molecular weight excluding hydrogens is 264 g/mol. The second kappa shape index (κ2) is 6.43. The van der Waals surface area contributed by atoms with Gasteiger partial charge in [-0.3, -0.25) is 14.7 Å². The fourth-order valence-corrected chi connectivity index (χ4v) is 3.25. The van der Waals surface area contributed by atoms with Crippen LogP contribution in [-0.2, 0) is 11.3 Å². The van der Waals surface area contributed by atoms with Crippen molar-refractivity contribution in [3.05, 3.63) is 24.0 Å². The number of carbonyl (C=O) groups is 1. The second-order valence-corrected chi connectivity index (χ2v) is 5.98. The smallest absolute Gasteiger partial charge is 0.222 e. The van der Waals surface area contributed by atoms with Crippen LogP contribution < -0.4 is 5.32 Å². The lowest BCUT2D eigenvalue weighted by molar-refractivity contribution is -0.130. The van der Waals surface area contributed by atoms with E-state index in [0.717, 1.165) is 63.4 Å². The Morgan fingerprint density at radius 2 is 2.33 bits per heavy atom. The summed E-state index contributed by atoms with van der Waals surface area (Å²) in [5.74, 6) is 0.337. The normalized spacial score (nSPS) is 22.4. The summed E-state index contributed by atoms with van der Waals surface area (Å²) in [5.41, 5.74) is 2.26. The lowest BCUT2D eigenvalue weighted by atomic mass is 10.1. The number of amides is 1. The van der Waals surface area contributed by atoms with Gasteiger partial charge in [0.15, 0.2) is 0 Å². The molecule has 2 aliphatic rings. The summed E-state index contributed by atoms with van der Waals surface area (Å²) in [7, 11) is 0. The standard InChI is InChI=1S/C16H24N4O/c1-2-6-17-13-5-7-18-14(10-13)11-19-8-9-20-15(12-19)3-4-16(20)21/h5,7,10,15H,2-4,6,8-9,11-12H2,1H3,(H,17,18). The topological polar surface area (TPSA) is 48.5 Å². The van der Waals surface area contributed by atoms with E-state index in [-0.39, 0.29) is 0 Å². The van der Waals surface area contributed by atoms with Crippen LogP contribution in [0.25, 0.3) is 0 Å². The van der Waals surface area contributed by atoms with Crippen LogP contribution >= 0.6 is 0 Å². The first kappa shape index (κ1) is 14.3. The average molecular weight is 288 g/mol. The molecule has 0 bridgehead atoms. The Morgan fingerprint density at radius 1 is 1.43 bits per heavy atom. The van der Waals surface area contributed by atoms with Gasteiger partial charge in [-0.15, -0.1) is 0 Å². The molecule has 1 aromatic heterocycles. The molecule has 0 saturated carbocycles. The minimum absolute atomic E-state index is 0.337. The summed E-state index contributed by atoms with van der Waals surface area (Å²) in [6.07, 6.45) is 4.74. The first-order chi connectivity index (χ1) is 10.3. The lowest BCUT2D eigenvalue weighted by Crippen LogP contribution is -2.51. The SMILES string of the molecule is CCCNc1ccnc(CN2CCN3C(=O)CCC3C2)c1. The Balaban J connectivity index is 1.58. The van der Waals surface area contributed by atoms with Gasteiger partial charge in [-0.05, 0) is 25.0 Å². The van der Waals surface area contributed by atoms with Crippen LogP contribution in [0.4, 0.5) is 5.69 Å². The molecule has 0 aliphatic carbocycles. The summed E-state index contributed by atoms with van der Waals surface area (Å²) in [5, 5.41) is 3.40. The zero-order chi connectivity index (χ0) is 14.7. The van der Waals surface area contributed by atoms with Gasteiger partial charge in [-0.2, -0.15) is 0 Å². The molecule has 0 spiro atoms. The number of fused-ring (bicyclic) bond motifs is 1. The van der Waals surface area contributed by atoms with Crippen molar-refractivity contribution >= 4 is 11.6 Å². The molecule has 1 amide bonds. The number of hydrogen-bond donors (Lipinski definition) is 1. The van der Waals surface area contributed by atoms with Gasteiger partial charge < -0.3 is 10.2 Å². The maximum Gasteiger partial charge on any atom is 0.222 e. The number of nitrogens with one attached hydrogen (secondary N) is 1. The molecule has 1 unspecified atom stereocenters. The Bertz CT molecular complexity index is 505. The Labute approximate surface area is 126 Å². The van der Waals surface area contributed by atoms with Gasteiger partial charge in [0.25, 0.3) is 0 Å². The molecule has 2 aliphatic heterocycles. The molecule has 114 valence electrons. The first-order valence-electron chi connectivity index (χ1n) is 7.97. The maximum absolute atomic E-state index is 11.7. The number of rotatable bonds is 5. The highest BCUT2D eigenvalue weighted by Crippen LogP contribution is 2.23. The van der Waals surface area contributed by atoms with E-state index in [1.165, 1.54) is 0 Å². The molecule has 3 heterocycles. The van der Waals surface area contributed by atoms with Gasteiger partial charge in [0.2, 0.25) is 5.91 Å². The van der Waals surface area contributed by atoms with Crippen molar-refractivity contribution in [3.63, 3.8) is 0 Å². The third-order valence-electron chi connectivity index (χ3n) is 4.36. The zero-order valence-corrected chi connectivity index (χ0v) is 12.7. The fraction of sp³-hybridized carbons (Fsp3) is 0.625. The minimum Gasteiger partial charge on any atom is -0.385 e. The number of carbonyl (C=O) groups excluding carboxylic acids is 1. The first-order valence-corrected chi connectivity index (χ1v) is 7.97. The van der Waals surface area contributed by atoms with E-state index in [4.69, 9.17) is 0 Å². The lowest BCUT2D eigenvalue weighted by Gasteiger charge is -2.37. The van der Waals surface area contributed by atoms with E-state index in [1.807, 2.05) is 12.3 Å². The van der Waals surface area contributed by atoms with Gasteiger partial charge in [0.05, 0.1) is 5.69 Å². The third kappa shape index (κ3) is 3.35. The van der Waals surface area contributed by atoms with E-state index in [2.05, 4.69) is 33.1 Å². The summed E-state index contributed by atoms with van der Waals surface area (Å²) < 4.78 is 0. The summed E-state index contributed by atoms with van der Waals surface area (Å²) >= 11 is 0. The highest BCUT2D eigenvalue weighted by Gasteiger charge is 2.35. The average Bonchev–Trinajstić information content (AvgIpc) is 2.86. The molecule has 2 fully saturated rings. The molecule has 1 atom stereocenters. The fourth-order valence-electron chi connectivity index (χ4n) is 3.25. The third-order valence-corrected chi connectivity index (χ3v) is 4.36. The van der Waals surface area contributed by atoms with Gasteiger partial charge in [0.1, 0.15) is 0 Å². The van der Waals surface area contributed by atoms with Crippen LogP contribution in [0.2, 0.25) is 0 Å². The van der Waals surface area contributed by atoms with Crippen molar-refractivity contribution in [2.45, 2.75) is 38.8 Å². The van der Waals surface area contributed by atoms with Crippen molar-refractivity contribution < 1.29 is 4.79 Å². The minimum atomic E-state index is 0.337. The van der Waals surface area contributed by atoms with Crippen molar-refractivity contribution in [2.75, 3.05) is 31.5 Å². The molecule has 1 N–H and O–H groups in total. The molecule has 2 saturated heterocycles. The molecule has 0 radical (unpaired) electrons. The van der Waals surface area contributed by atoms with E-state index >= 15 is 0 Å². The van der Waals surface area contributed by atoms with Gasteiger partial charge >= 0.3 is 0 Å². The number of pyridine rings is 1. The van der Waals surface area contributed by atoms with Gasteiger partial charge in [-0.1, -0.05) is 6.92 Å². The van der Waals surface area contributed by atoms with Crippen LogP contribution in [0.15, 0.2) is 18.3 Å². The quantitative estimate of drug-likeness (QED) is 0.896. The Kier molecular flexibility index (Phi) is 4.39. The summed E-state index contributed by atoms with van der Waals surface area (Å²) in [6.45, 7) is 6.85. The molecule has 1 aromatic rings. The number of anilines is 1. The van der Waals surface area contributed by atoms with Crippen molar-refractivity contribution in [1.82, 2.24) is 14.8 Å². The summed E-state index contributed by atoms with van der Waals surface area (Å²) in [6, 6.07) is 4.59. The van der Waals surface area contributed by atoms with Gasteiger partial charge in [0, 0.05) is 57.1 Å². The molecule has 0 aromatic carbocycles. The van der Waals surface area contributed by atoms with E-state index in [9.17, 15) is 4.79 Å². The molecule has 21 heavy (non-hydrogen) atoms. The Hall–Kier alpha value is -1.62. The largest absolute Gasteiger partial charge is 0.385 e. The molecule has 5 nitrogen and oxygen atoms in total. The molecule has 3 rings (SSSR count). The predicted octanol–water partition coefficient (Wildman–Crippen LogP) is 1.71. The van der Waals surface area contributed by atoms with Crippen LogP contribution in [0.5, 0.6) is 0 Å². The Morgan fingerprint density at radius 3 is 3.19 bits per heavy atom. The van der Waals surface area contributed by atoms with Crippen molar-refractivity contribution in [3.8, 4) is 0 Å². The van der Waals surface area contributed by atoms with Crippen LogP contribution in [-0.4, -0.2) is 52.9 Å². The number of nitrogens with zero attached hydrogens (tertiary/aromatic N) is 3. The van der Waals surface area contributed by atoms with Crippen LogP contribution in [0, 0.1) is 0 Å². The van der Waals surface area contributed by atoms with Gasteiger partial charge in [-0.25, -0.2) is 0 Å². The number of aromatic nitrogens is 1. The second-order valence-electron chi connectivity index (χ2n) is 5.98. The van der Waals surface area contributed by atoms with Crippen LogP contribution in [0.3, 0.4) is 0 Å². The van der Waals surface area contributed by atoms with Crippen molar-refractivity contribution in [2.24, 2.45) is 0 Å². The molecular formula is C16H24N4O. The number of hydrogen-bond acceptors (Lipinski definition) is 4. The van der Waals surface area contributed by atoms with Crippen LogP contribution in [0.1, 0.15) is 31.9 Å². The predicted molar refractivity (Wildman–Crippen MR) is 83.0 cm³/mol. The van der Waals surface area contributed by atoms with Crippen molar-refractivity contribution in [1.29, 1.82) is 0 Å². The zero-order valence-electron chi connectivity index (χ0n) is 12.7. The maximum atomic E-state index is 11.7. The van der Waals surface area contributed by atoms with E-state index < -0.39 is 0 Å². The highest BCUT2D eigenvalue weighted by atomic mass is 16.2. The monoisotopic (exact) mass is 288 g/mol. The van der Waals surface area contributed by atoms with E-state index in [1.54, 1.807) is 0 Å². The summed E-state index contributed by atoms with van der Waals surface area (Å²) in [4.78, 5) is 20.7.